The lowest BCUT2D eigenvalue weighted by atomic mass is 10.1. The third-order valence-corrected chi connectivity index (χ3v) is 3.99. The van der Waals surface area contributed by atoms with Crippen molar-refractivity contribution >= 4 is 29.1 Å². The Hall–Kier alpha value is -2.47. The molecule has 1 atom stereocenters. The molecule has 0 fully saturated rings. The SMILES string of the molecule is CCOC(=O)CN1c2ccc(OC)nc2NC1c1ccc(Cl)cc1. The van der Waals surface area contributed by atoms with Crippen molar-refractivity contribution in [2.24, 2.45) is 0 Å². The van der Waals surface area contributed by atoms with Crippen LogP contribution in [0.5, 0.6) is 5.88 Å². The van der Waals surface area contributed by atoms with Gasteiger partial charge >= 0.3 is 5.97 Å². The lowest BCUT2D eigenvalue weighted by Gasteiger charge is -2.26. The van der Waals surface area contributed by atoms with Crippen LogP contribution in [0.15, 0.2) is 36.4 Å². The Morgan fingerprint density at radius 3 is 2.71 bits per heavy atom. The molecular weight excluding hydrogens is 330 g/mol. The first-order chi connectivity index (χ1) is 11.6. The summed E-state index contributed by atoms with van der Waals surface area (Å²) in [4.78, 5) is 18.3. The number of benzene rings is 1. The second-order valence-electron chi connectivity index (χ2n) is 5.25. The van der Waals surface area contributed by atoms with Crippen LogP contribution in [0.2, 0.25) is 5.02 Å². The van der Waals surface area contributed by atoms with Gasteiger partial charge in [0.05, 0.1) is 19.4 Å². The van der Waals surface area contributed by atoms with Crippen LogP contribution in [0, 0.1) is 0 Å². The molecule has 1 N–H and O–H groups in total. The normalized spacial score (nSPS) is 15.6. The fourth-order valence-electron chi connectivity index (χ4n) is 2.66. The Kier molecular flexibility index (Phi) is 4.76. The molecule has 0 saturated carbocycles. The van der Waals surface area contributed by atoms with Crippen LogP contribution < -0.4 is 15.0 Å². The molecule has 1 aliphatic rings. The molecule has 24 heavy (non-hydrogen) atoms. The molecular formula is C17H18ClN3O3. The maximum atomic E-state index is 12.0. The molecule has 0 bridgehead atoms. The standard InChI is InChI=1S/C17H18ClN3O3/c1-3-24-15(22)10-21-13-8-9-14(23-2)19-16(13)20-17(21)11-4-6-12(18)7-5-11/h4-9,17H,3,10H2,1-2H3,(H,19,20). The van der Waals surface area contributed by atoms with E-state index in [1.807, 2.05) is 35.2 Å². The van der Waals surface area contributed by atoms with Crippen molar-refractivity contribution in [1.82, 2.24) is 4.98 Å². The van der Waals surface area contributed by atoms with Gasteiger partial charge in [0.2, 0.25) is 5.88 Å². The number of carbonyl (C=O) groups is 1. The lowest BCUT2D eigenvalue weighted by molar-refractivity contribution is -0.141. The van der Waals surface area contributed by atoms with Gasteiger partial charge < -0.3 is 19.7 Å². The van der Waals surface area contributed by atoms with E-state index in [0.29, 0.717) is 23.3 Å². The second-order valence-corrected chi connectivity index (χ2v) is 5.69. The van der Waals surface area contributed by atoms with Gasteiger partial charge in [-0.2, -0.15) is 4.98 Å². The highest BCUT2D eigenvalue weighted by Gasteiger charge is 2.33. The van der Waals surface area contributed by atoms with Crippen molar-refractivity contribution in [3.8, 4) is 5.88 Å². The van der Waals surface area contributed by atoms with Gasteiger partial charge in [0.25, 0.3) is 0 Å². The van der Waals surface area contributed by atoms with Crippen molar-refractivity contribution in [3.63, 3.8) is 0 Å². The van der Waals surface area contributed by atoms with Crippen molar-refractivity contribution in [3.05, 3.63) is 47.0 Å². The van der Waals surface area contributed by atoms with E-state index in [9.17, 15) is 4.79 Å². The van der Waals surface area contributed by atoms with Crippen molar-refractivity contribution in [2.45, 2.75) is 13.1 Å². The number of nitrogens with zero attached hydrogens (tertiary/aromatic N) is 2. The fourth-order valence-corrected chi connectivity index (χ4v) is 2.79. The summed E-state index contributed by atoms with van der Waals surface area (Å²) in [5.41, 5.74) is 1.80. The predicted molar refractivity (Wildman–Crippen MR) is 92.6 cm³/mol. The number of pyridine rings is 1. The van der Waals surface area contributed by atoms with E-state index in [-0.39, 0.29) is 18.7 Å². The van der Waals surface area contributed by atoms with E-state index in [1.54, 1.807) is 20.1 Å². The number of ether oxygens (including phenoxy) is 2. The average molecular weight is 348 g/mol. The highest BCUT2D eigenvalue weighted by molar-refractivity contribution is 6.30. The fraction of sp³-hybridized carbons (Fsp3) is 0.294. The minimum atomic E-state index is -0.290. The first-order valence-corrected chi connectivity index (χ1v) is 7.99. The Bertz CT molecular complexity index is 736. The number of fused-ring (bicyclic) bond motifs is 1. The van der Waals surface area contributed by atoms with Crippen LogP contribution in [-0.2, 0) is 9.53 Å². The molecule has 0 amide bonds. The van der Waals surface area contributed by atoms with Gasteiger partial charge in [-0.15, -0.1) is 0 Å². The van der Waals surface area contributed by atoms with E-state index in [1.165, 1.54) is 0 Å². The highest BCUT2D eigenvalue weighted by Crippen LogP contribution is 2.40. The number of hydrogen-bond acceptors (Lipinski definition) is 6. The van der Waals surface area contributed by atoms with Crippen LogP contribution >= 0.6 is 11.6 Å². The number of rotatable bonds is 5. The summed E-state index contributed by atoms with van der Waals surface area (Å²) in [6.07, 6.45) is -0.235. The Morgan fingerprint density at radius 2 is 2.04 bits per heavy atom. The molecule has 0 spiro atoms. The van der Waals surface area contributed by atoms with Crippen LogP contribution in [0.4, 0.5) is 11.5 Å². The van der Waals surface area contributed by atoms with Crippen molar-refractivity contribution in [2.75, 3.05) is 30.5 Å². The topological polar surface area (TPSA) is 63.7 Å². The Morgan fingerprint density at radius 1 is 1.29 bits per heavy atom. The zero-order chi connectivity index (χ0) is 17.1. The molecule has 126 valence electrons. The average Bonchev–Trinajstić information content (AvgIpc) is 2.93. The number of aromatic nitrogens is 1. The monoisotopic (exact) mass is 347 g/mol. The van der Waals surface area contributed by atoms with E-state index >= 15 is 0 Å². The Labute approximate surface area is 145 Å². The molecule has 7 heteroatoms. The molecule has 2 heterocycles. The van der Waals surface area contributed by atoms with Crippen LogP contribution in [0.3, 0.4) is 0 Å². The number of carbonyl (C=O) groups excluding carboxylic acids is 1. The third kappa shape index (κ3) is 3.23. The summed E-state index contributed by atoms with van der Waals surface area (Å²) in [5, 5.41) is 3.98. The van der Waals surface area contributed by atoms with Gasteiger partial charge in [-0.05, 0) is 30.7 Å². The number of halogens is 1. The summed E-state index contributed by atoms with van der Waals surface area (Å²) >= 11 is 5.97. The van der Waals surface area contributed by atoms with Gasteiger partial charge in [0.1, 0.15) is 12.7 Å². The second kappa shape index (κ2) is 6.97. The van der Waals surface area contributed by atoms with E-state index < -0.39 is 0 Å². The molecule has 6 nitrogen and oxygen atoms in total. The predicted octanol–water partition coefficient (Wildman–Crippen LogP) is 3.24. The van der Waals surface area contributed by atoms with E-state index in [4.69, 9.17) is 21.1 Å². The summed E-state index contributed by atoms with van der Waals surface area (Å²) in [7, 11) is 1.57. The van der Waals surface area contributed by atoms with Gasteiger partial charge in [-0.3, -0.25) is 4.79 Å². The summed E-state index contributed by atoms with van der Waals surface area (Å²) in [6.45, 7) is 2.26. The highest BCUT2D eigenvalue weighted by atomic mass is 35.5. The quantitative estimate of drug-likeness (QED) is 0.838. The molecule has 1 aliphatic heterocycles. The maximum absolute atomic E-state index is 12.0. The van der Waals surface area contributed by atoms with Crippen LogP contribution in [0.25, 0.3) is 0 Å². The molecule has 1 aromatic carbocycles. The summed E-state index contributed by atoms with van der Waals surface area (Å²) in [5.74, 6) is 0.884. The number of esters is 1. The first kappa shape index (κ1) is 16.4. The number of anilines is 2. The van der Waals surface area contributed by atoms with E-state index in [0.717, 1.165) is 11.3 Å². The smallest absolute Gasteiger partial charge is 0.325 e. The molecule has 1 aromatic heterocycles. The van der Waals surface area contributed by atoms with Gasteiger partial charge in [0.15, 0.2) is 5.82 Å². The summed E-state index contributed by atoms with van der Waals surface area (Å²) < 4.78 is 10.3. The van der Waals surface area contributed by atoms with Gasteiger partial charge in [-0.1, -0.05) is 23.7 Å². The third-order valence-electron chi connectivity index (χ3n) is 3.74. The zero-order valence-corrected chi connectivity index (χ0v) is 14.2. The number of hydrogen-bond donors (Lipinski definition) is 1. The molecule has 0 aliphatic carbocycles. The van der Waals surface area contributed by atoms with Crippen LogP contribution in [0.1, 0.15) is 18.7 Å². The lowest BCUT2D eigenvalue weighted by Crippen LogP contribution is -2.34. The van der Waals surface area contributed by atoms with Crippen molar-refractivity contribution in [1.29, 1.82) is 0 Å². The maximum Gasteiger partial charge on any atom is 0.325 e. The van der Waals surface area contributed by atoms with Gasteiger partial charge in [-0.25, -0.2) is 0 Å². The van der Waals surface area contributed by atoms with Crippen LogP contribution in [-0.4, -0.2) is 31.2 Å². The Balaban J connectivity index is 1.94. The largest absolute Gasteiger partial charge is 0.481 e. The molecule has 1 unspecified atom stereocenters. The zero-order valence-electron chi connectivity index (χ0n) is 13.5. The molecule has 0 radical (unpaired) electrons. The molecule has 0 saturated heterocycles. The summed E-state index contributed by atoms with van der Waals surface area (Å²) in [6, 6.07) is 11.1. The minimum Gasteiger partial charge on any atom is -0.481 e. The minimum absolute atomic E-state index is 0.120. The molecule has 3 rings (SSSR count). The number of methoxy groups -OCH3 is 1. The number of nitrogens with one attached hydrogen (secondary N) is 1. The molecule has 2 aromatic rings. The first-order valence-electron chi connectivity index (χ1n) is 7.61. The van der Waals surface area contributed by atoms with E-state index in [2.05, 4.69) is 10.3 Å². The van der Waals surface area contributed by atoms with Gasteiger partial charge in [0, 0.05) is 11.1 Å². The van der Waals surface area contributed by atoms with Crippen molar-refractivity contribution < 1.29 is 14.3 Å².